The Balaban J connectivity index is 2.16. The van der Waals surface area contributed by atoms with Crippen LogP contribution in [0.25, 0.3) is 0 Å². The van der Waals surface area contributed by atoms with Crippen LogP contribution in [0.5, 0.6) is 0 Å². The molecule has 0 radical (unpaired) electrons. The Hall–Kier alpha value is -1.11. The predicted octanol–water partition coefficient (Wildman–Crippen LogP) is 4.04. The van der Waals surface area contributed by atoms with Gasteiger partial charge in [0.15, 0.2) is 5.78 Å². The van der Waals surface area contributed by atoms with E-state index in [4.69, 9.17) is 0 Å². The number of hydrogen-bond acceptors (Lipinski definition) is 1. The first-order chi connectivity index (χ1) is 8.06. The van der Waals surface area contributed by atoms with E-state index in [-0.39, 0.29) is 5.41 Å². The van der Waals surface area contributed by atoms with Crippen molar-refractivity contribution in [3.63, 3.8) is 0 Å². The molecule has 1 aromatic carbocycles. The number of carbonyl (C=O) groups is 1. The van der Waals surface area contributed by atoms with Crippen LogP contribution >= 0.6 is 0 Å². The van der Waals surface area contributed by atoms with E-state index >= 15 is 0 Å². The van der Waals surface area contributed by atoms with Gasteiger partial charge < -0.3 is 0 Å². The maximum absolute atomic E-state index is 12.7. The molecule has 1 heteroatoms. The fourth-order valence-electron chi connectivity index (χ4n) is 4.03. The number of benzene rings is 1. The molecule has 17 heavy (non-hydrogen) atoms. The summed E-state index contributed by atoms with van der Waals surface area (Å²) in [7, 11) is 0. The normalized spacial score (nSPS) is 39.9. The molecule has 4 atom stereocenters. The topological polar surface area (TPSA) is 17.1 Å². The molecule has 90 valence electrons. The van der Waals surface area contributed by atoms with Crippen molar-refractivity contribution >= 4 is 5.78 Å². The molecule has 0 spiro atoms. The van der Waals surface area contributed by atoms with Crippen molar-refractivity contribution in [1.82, 2.24) is 0 Å². The van der Waals surface area contributed by atoms with Crippen molar-refractivity contribution in [2.45, 2.75) is 39.5 Å². The molecule has 4 unspecified atom stereocenters. The van der Waals surface area contributed by atoms with E-state index in [0.717, 1.165) is 5.56 Å². The third-order valence-electron chi connectivity index (χ3n) is 5.50. The lowest BCUT2D eigenvalue weighted by Gasteiger charge is -2.44. The second-order valence-corrected chi connectivity index (χ2v) is 6.09. The van der Waals surface area contributed by atoms with Gasteiger partial charge in [0.2, 0.25) is 0 Å². The maximum Gasteiger partial charge on any atom is 0.169 e. The van der Waals surface area contributed by atoms with Gasteiger partial charge in [-0.05, 0) is 36.2 Å². The third-order valence-corrected chi connectivity index (χ3v) is 5.50. The molecule has 0 saturated heterocycles. The van der Waals surface area contributed by atoms with Crippen LogP contribution in [0.1, 0.15) is 55.5 Å². The number of ketones is 1. The fraction of sp³-hybridized carbons (Fsp3) is 0.562. The Bertz CT molecular complexity index is 476. The van der Waals surface area contributed by atoms with Crippen LogP contribution < -0.4 is 0 Å². The molecular formula is C16H20O. The molecule has 1 saturated carbocycles. The van der Waals surface area contributed by atoms with Gasteiger partial charge in [-0.1, -0.05) is 45.0 Å². The molecule has 1 nitrogen and oxygen atoms in total. The zero-order chi connectivity index (χ0) is 12.2. The van der Waals surface area contributed by atoms with Crippen LogP contribution in [0.4, 0.5) is 0 Å². The zero-order valence-electron chi connectivity index (χ0n) is 10.9. The van der Waals surface area contributed by atoms with Crippen LogP contribution in [-0.4, -0.2) is 5.78 Å². The SMILES string of the molecule is CC1CCC2c3ccccc3C(=O)C2(C)C1C. The first-order valence-electron chi connectivity index (χ1n) is 6.70. The van der Waals surface area contributed by atoms with Crippen molar-refractivity contribution in [2.75, 3.05) is 0 Å². The summed E-state index contributed by atoms with van der Waals surface area (Å²) in [5.74, 6) is 1.99. The fourth-order valence-corrected chi connectivity index (χ4v) is 4.03. The minimum Gasteiger partial charge on any atom is -0.294 e. The minimum atomic E-state index is -0.151. The summed E-state index contributed by atoms with van der Waals surface area (Å²) in [4.78, 5) is 12.7. The largest absolute Gasteiger partial charge is 0.294 e. The predicted molar refractivity (Wildman–Crippen MR) is 69.2 cm³/mol. The minimum absolute atomic E-state index is 0.151. The monoisotopic (exact) mass is 228 g/mol. The second kappa shape index (κ2) is 3.44. The summed E-state index contributed by atoms with van der Waals surface area (Å²) in [6.07, 6.45) is 2.42. The first kappa shape index (κ1) is 11.0. The summed E-state index contributed by atoms with van der Waals surface area (Å²) in [6, 6.07) is 8.23. The summed E-state index contributed by atoms with van der Waals surface area (Å²) >= 11 is 0. The van der Waals surface area contributed by atoms with Gasteiger partial charge in [0.05, 0.1) is 0 Å². The van der Waals surface area contributed by atoms with E-state index in [1.807, 2.05) is 12.1 Å². The lowest BCUT2D eigenvalue weighted by atomic mass is 9.58. The molecule has 2 aliphatic rings. The molecule has 2 aliphatic carbocycles. The van der Waals surface area contributed by atoms with Crippen LogP contribution in [0.3, 0.4) is 0 Å². The standard InChI is InChI=1S/C16H20O/c1-10-8-9-14-12-6-4-5-7-13(12)15(17)16(14,3)11(10)2/h4-7,10-11,14H,8-9H2,1-3H3. The Kier molecular flexibility index (Phi) is 2.23. The highest BCUT2D eigenvalue weighted by molar-refractivity contribution is 6.06. The third kappa shape index (κ3) is 1.23. The number of rotatable bonds is 0. The summed E-state index contributed by atoms with van der Waals surface area (Å²) in [6.45, 7) is 6.75. The number of carbonyl (C=O) groups excluding carboxylic acids is 1. The quantitative estimate of drug-likeness (QED) is 0.655. The van der Waals surface area contributed by atoms with Crippen molar-refractivity contribution in [3.05, 3.63) is 35.4 Å². The van der Waals surface area contributed by atoms with Gasteiger partial charge in [-0.3, -0.25) is 4.79 Å². The van der Waals surface area contributed by atoms with Gasteiger partial charge in [0.25, 0.3) is 0 Å². The van der Waals surface area contributed by atoms with Crippen molar-refractivity contribution in [1.29, 1.82) is 0 Å². The van der Waals surface area contributed by atoms with Crippen LogP contribution in [0.15, 0.2) is 24.3 Å². The Morgan fingerprint density at radius 2 is 1.88 bits per heavy atom. The average Bonchev–Trinajstić information content (AvgIpc) is 2.57. The number of hydrogen-bond donors (Lipinski definition) is 0. The molecule has 0 N–H and O–H groups in total. The second-order valence-electron chi connectivity index (χ2n) is 6.09. The van der Waals surface area contributed by atoms with Gasteiger partial charge in [-0.2, -0.15) is 0 Å². The van der Waals surface area contributed by atoms with Gasteiger partial charge in [-0.15, -0.1) is 0 Å². The smallest absolute Gasteiger partial charge is 0.169 e. The Morgan fingerprint density at radius 3 is 2.65 bits per heavy atom. The van der Waals surface area contributed by atoms with Gasteiger partial charge in [0, 0.05) is 11.0 Å². The van der Waals surface area contributed by atoms with E-state index in [9.17, 15) is 4.79 Å². The molecule has 1 fully saturated rings. The molecule has 0 heterocycles. The van der Waals surface area contributed by atoms with Crippen LogP contribution in [0.2, 0.25) is 0 Å². The van der Waals surface area contributed by atoms with Crippen molar-refractivity contribution in [3.8, 4) is 0 Å². The summed E-state index contributed by atoms with van der Waals surface area (Å²) in [5, 5.41) is 0. The van der Waals surface area contributed by atoms with Crippen LogP contribution in [0, 0.1) is 17.3 Å². The molecule has 3 rings (SSSR count). The van der Waals surface area contributed by atoms with Gasteiger partial charge >= 0.3 is 0 Å². The van der Waals surface area contributed by atoms with Crippen molar-refractivity contribution < 1.29 is 4.79 Å². The van der Waals surface area contributed by atoms with E-state index in [2.05, 4.69) is 32.9 Å². The summed E-state index contributed by atoms with van der Waals surface area (Å²) < 4.78 is 0. The molecular weight excluding hydrogens is 208 g/mol. The van der Waals surface area contributed by atoms with Crippen molar-refractivity contribution in [2.24, 2.45) is 17.3 Å². The van der Waals surface area contributed by atoms with Crippen LogP contribution in [-0.2, 0) is 0 Å². The van der Waals surface area contributed by atoms with Gasteiger partial charge in [0.1, 0.15) is 0 Å². The Labute approximate surface area is 103 Å². The molecule has 0 aliphatic heterocycles. The lowest BCUT2D eigenvalue weighted by Crippen LogP contribution is -2.41. The number of Topliss-reactive ketones (excluding diaryl/α,β-unsaturated/α-hetero) is 1. The maximum atomic E-state index is 12.7. The average molecular weight is 228 g/mol. The molecule has 0 bridgehead atoms. The zero-order valence-corrected chi connectivity index (χ0v) is 10.9. The van der Waals surface area contributed by atoms with E-state index < -0.39 is 0 Å². The molecule has 0 aromatic heterocycles. The van der Waals surface area contributed by atoms with Gasteiger partial charge in [-0.25, -0.2) is 0 Å². The van der Waals surface area contributed by atoms with E-state index in [1.165, 1.54) is 18.4 Å². The summed E-state index contributed by atoms with van der Waals surface area (Å²) in [5.41, 5.74) is 2.14. The van der Waals surface area contributed by atoms with E-state index in [1.54, 1.807) is 0 Å². The number of fused-ring (bicyclic) bond motifs is 3. The highest BCUT2D eigenvalue weighted by Crippen LogP contribution is 2.58. The molecule has 1 aromatic rings. The highest BCUT2D eigenvalue weighted by atomic mass is 16.1. The first-order valence-corrected chi connectivity index (χ1v) is 6.70. The highest BCUT2D eigenvalue weighted by Gasteiger charge is 2.55. The Morgan fingerprint density at radius 1 is 1.18 bits per heavy atom. The lowest BCUT2D eigenvalue weighted by molar-refractivity contribution is 0.0456. The molecule has 0 amide bonds. The van der Waals surface area contributed by atoms with E-state index in [0.29, 0.717) is 23.5 Å².